The van der Waals surface area contributed by atoms with Gasteiger partial charge in [0.2, 0.25) is 0 Å². The van der Waals surface area contributed by atoms with Gasteiger partial charge in [0.05, 0.1) is 11.4 Å². The van der Waals surface area contributed by atoms with Crippen molar-refractivity contribution in [2.24, 2.45) is 0 Å². The summed E-state index contributed by atoms with van der Waals surface area (Å²) in [5.74, 6) is 0.716. The first-order valence-corrected chi connectivity index (χ1v) is 19.7. The van der Waals surface area contributed by atoms with Crippen molar-refractivity contribution in [1.82, 2.24) is 9.97 Å². The summed E-state index contributed by atoms with van der Waals surface area (Å²) in [4.78, 5) is 10.4. The van der Waals surface area contributed by atoms with E-state index in [1.54, 1.807) is 0 Å². The SMILES string of the molecule is CC1(C)c2cc(-c3ccc(-c4ccc(-c5nc(-c6ccccc6)cc(-c6ccccc6)n5)c5ccccc45)c4ccccc34)ccc2-c2c1ccc1ccccc21. The molecule has 2 heteroatoms. The van der Waals surface area contributed by atoms with Crippen LogP contribution in [-0.4, -0.2) is 9.97 Å². The van der Waals surface area contributed by atoms with E-state index in [0.29, 0.717) is 5.82 Å². The van der Waals surface area contributed by atoms with Gasteiger partial charge < -0.3 is 0 Å². The zero-order chi connectivity index (χ0) is 38.1. The molecular weight excluding hydrogens is 689 g/mol. The number of hydrogen-bond acceptors (Lipinski definition) is 2. The van der Waals surface area contributed by atoms with E-state index < -0.39 is 0 Å². The van der Waals surface area contributed by atoms with Crippen molar-refractivity contribution >= 4 is 32.3 Å². The van der Waals surface area contributed by atoms with Gasteiger partial charge in [-0.3, -0.25) is 0 Å². The lowest BCUT2D eigenvalue weighted by molar-refractivity contribution is 0.661. The molecule has 0 spiro atoms. The van der Waals surface area contributed by atoms with Crippen molar-refractivity contribution in [3.63, 3.8) is 0 Å². The molecule has 0 saturated carbocycles. The standard InChI is InChI=1S/C55H38N2/c1-55(2)49-32-26-35-15-9-10-20-40(35)53(49)48-27-25-38(33-50(48)55)39-28-29-45(42-22-12-11-21-41(39)42)46-30-31-47(44-24-14-13-23-43(44)46)54-56-51(36-16-5-3-6-17-36)34-52(57-54)37-18-7-4-8-19-37/h3-34H,1-2H3. The van der Waals surface area contributed by atoms with Gasteiger partial charge in [-0.25, -0.2) is 9.97 Å². The maximum atomic E-state index is 5.20. The lowest BCUT2D eigenvalue weighted by atomic mass is 9.81. The van der Waals surface area contributed by atoms with Gasteiger partial charge in [-0.15, -0.1) is 0 Å². The molecule has 0 saturated heterocycles. The first-order valence-electron chi connectivity index (χ1n) is 19.7. The fourth-order valence-corrected chi connectivity index (χ4v) is 9.27. The summed E-state index contributed by atoms with van der Waals surface area (Å²) >= 11 is 0. The average Bonchev–Trinajstić information content (AvgIpc) is 3.51. The van der Waals surface area contributed by atoms with Crippen molar-refractivity contribution in [1.29, 1.82) is 0 Å². The van der Waals surface area contributed by atoms with Gasteiger partial charge in [-0.1, -0.05) is 190 Å². The Morgan fingerprint density at radius 3 is 1.42 bits per heavy atom. The third kappa shape index (κ3) is 5.33. The average molecular weight is 727 g/mol. The quantitative estimate of drug-likeness (QED) is 0.176. The zero-order valence-electron chi connectivity index (χ0n) is 31.9. The summed E-state index contributed by atoms with van der Waals surface area (Å²) in [6.45, 7) is 4.75. The molecule has 2 nitrogen and oxygen atoms in total. The minimum absolute atomic E-state index is 0.104. The lowest BCUT2D eigenvalue weighted by Crippen LogP contribution is -2.15. The van der Waals surface area contributed by atoms with E-state index in [-0.39, 0.29) is 5.41 Å². The fourth-order valence-electron chi connectivity index (χ4n) is 9.27. The summed E-state index contributed by atoms with van der Waals surface area (Å²) < 4.78 is 0. The van der Waals surface area contributed by atoms with Crippen LogP contribution in [-0.2, 0) is 5.41 Å². The maximum Gasteiger partial charge on any atom is 0.161 e. The van der Waals surface area contributed by atoms with E-state index in [2.05, 4.69) is 196 Å². The Hall–Kier alpha value is -7.16. The van der Waals surface area contributed by atoms with Gasteiger partial charge in [-0.2, -0.15) is 0 Å². The molecule has 0 N–H and O–H groups in total. The first-order chi connectivity index (χ1) is 28.0. The molecule has 1 aliphatic rings. The van der Waals surface area contributed by atoms with Crippen LogP contribution in [0.25, 0.3) is 99.6 Å². The highest BCUT2D eigenvalue weighted by Crippen LogP contribution is 2.52. The summed E-state index contributed by atoms with van der Waals surface area (Å²) in [6.07, 6.45) is 0. The molecule has 0 atom stereocenters. The third-order valence-corrected chi connectivity index (χ3v) is 12.1. The topological polar surface area (TPSA) is 25.8 Å². The predicted octanol–water partition coefficient (Wildman–Crippen LogP) is 14.6. The van der Waals surface area contributed by atoms with E-state index in [0.717, 1.165) is 33.5 Å². The number of fused-ring (bicyclic) bond motifs is 7. The Morgan fingerprint density at radius 2 is 0.807 bits per heavy atom. The third-order valence-electron chi connectivity index (χ3n) is 12.1. The molecule has 0 amide bonds. The molecule has 0 aliphatic heterocycles. The van der Waals surface area contributed by atoms with E-state index in [1.807, 2.05) is 12.1 Å². The molecule has 57 heavy (non-hydrogen) atoms. The smallest absolute Gasteiger partial charge is 0.161 e. The largest absolute Gasteiger partial charge is 0.228 e. The van der Waals surface area contributed by atoms with Gasteiger partial charge in [0, 0.05) is 22.1 Å². The van der Waals surface area contributed by atoms with Crippen LogP contribution in [0.5, 0.6) is 0 Å². The number of rotatable bonds is 5. The summed E-state index contributed by atoms with van der Waals surface area (Å²) in [7, 11) is 0. The molecular formula is C55H38N2. The summed E-state index contributed by atoms with van der Waals surface area (Å²) in [6, 6.07) is 70.1. The number of hydrogen-bond donors (Lipinski definition) is 0. The summed E-state index contributed by atoms with van der Waals surface area (Å²) in [5.41, 5.74) is 15.2. The highest BCUT2D eigenvalue weighted by molar-refractivity contribution is 6.12. The Morgan fingerprint density at radius 1 is 0.333 bits per heavy atom. The molecule has 0 bridgehead atoms. The van der Waals surface area contributed by atoms with Gasteiger partial charge in [0.15, 0.2) is 5.82 Å². The fraction of sp³-hybridized carbons (Fsp3) is 0.0545. The molecule has 1 aromatic heterocycles. The number of benzene rings is 9. The Labute approximate surface area is 332 Å². The predicted molar refractivity (Wildman–Crippen MR) is 239 cm³/mol. The van der Waals surface area contributed by atoms with Crippen LogP contribution in [0.3, 0.4) is 0 Å². The van der Waals surface area contributed by atoms with Crippen LogP contribution in [0.2, 0.25) is 0 Å². The van der Waals surface area contributed by atoms with Crippen molar-refractivity contribution in [3.8, 4) is 67.3 Å². The maximum absolute atomic E-state index is 5.20. The summed E-state index contributed by atoms with van der Waals surface area (Å²) in [5, 5.41) is 7.39. The molecule has 268 valence electrons. The zero-order valence-corrected chi connectivity index (χ0v) is 31.9. The van der Waals surface area contributed by atoms with E-state index in [9.17, 15) is 0 Å². The van der Waals surface area contributed by atoms with E-state index in [4.69, 9.17) is 9.97 Å². The van der Waals surface area contributed by atoms with Crippen molar-refractivity contribution < 1.29 is 0 Å². The Balaban J connectivity index is 1.05. The second kappa shape index (κ2) is 13.0. The highest BCUT2D eigenvalue weighted by atomic mass is 14.9. The van der Waals surface area contributed by atoms with Crippen molar-refractivity contribution in [3.05, 3.63) is 205 Å². The molecule has 1 heterocycles. The Bertz CT molecular complexity index is 3140. The van der Waals surface area contributed by atoms with Gasteiger partial charge >= 0.3 is 0 Å². The number of nitrogens with zero attached hydrogens (tertiary/aromatic N) is 2. The monoisotopic (exact) mass is 726 g/mol. The Kier molecular flexibility index (Phi) is 7.55. The van der Waals surface area contributed by atoms with Gasteiger partial charge in [-0.05, 0) is 95.0 Å². The van der Waals surface area contributed by atoms with Crippen LogP contribution in [0.15, 0.2) is 194 Å². The second-order valence-corrected chi connectivity index (χ2v) is 15.7. The van der Waals surface area contributed by atoms with Crippen LogP contribution in [0.4, 0.5) is 0 Å². The van der Waals surface area contributed by atoms with Crippen LogP contribution >= 0.6 is 0 Å². The van der Waals surface area contributed by atoms with Crippen LogP contribution < -0.4 is 0 Å². The molecule has 0 unspecified atom stereocenters. The van der Waals surface area contributed by atoms with E-state index in [1.165, 1.54) is 71.4 Å². The minimum atomic E-state index is -0.104. The molecule has 0 radical (unpaired) electrons. The van der Waals surface area contributed by atoms with Gasteiger partial charge in [0.1, 0.15) is 0 Å². The first kappa shape index (κ1) is 33.2. The molecule has 0 fully saturated rings. The molecule has 9 aromatic carbocycles. The van der Waals surface area contributed by atoms with Crippen LogP contribution in [0, 0.1) is 0 Å². The number of aromatic nitrogens is 2. The lowest BCUT2D eigenvalue weighted by Gasteiger charge is -2.22. The van der Waals surface area contributed by atoms with Crippen molar-refractivity contribution in [2.75, 3.05) is 0 Å². The van der Waals surface area contributed by atoms with Crippen molar-refractivity contribution in [2.45, 2.75) is 19.3 Å². The molecule has 10 aromatic rings. The van der Waals surface area contributed by atoms with Gasteiger partial charge in [0.25, 0.3) is 0 Å². The highest BCUT2D eigenvalue weighted by Gasteiger charge is 2.36. The second-order valence-electron chi connectivity index (χ2n) is 15.7. The normalized spacial score (nSPS) is 12.9. The van der Waals surface area contributed by atoms with Crippen LogP contribution in [0.1, 0.15) is 25.0 Å². The molecule has 11 rings (SSSR count). The van der Waals surface area contributed by atoms with E-state index >= 15 is 0 Å². The molecule has 1 aliphatic carbocycles. The minimum Gasteiger partial charge on any atom is -0.228 e.